The van der Waals surface area contributed by atoms with Gasteiger partial charge in [-0.1, -0.05) is 6.92 Å². The molecule has 0 radical (unpaired) electrons. The molecule has 2 fully saturated rings. The molecule has 3 heterocycles. The Bertz CT molecular complexity index is 680. The van der Waals surface area contributed by atoms with E-state index in [1.54, 1.807) is 18.7 Å². The van der Waals surface area contributed by atoms with E-state index in [1.807, 2.05) is 20.8 Å². The van der Waals surface area contributed by atoms with E-state index in [0.717, 1.165) is 17.9 Å². The monoisotopic (exact) mass is 413 g/mol. The van der Waals surface area contributed by atoms with E-state index in [2.05, 4.69) is 5.32 Å². The van der Waals surface area contributed by atoms with E-state index in [9.17, 15) is 19.8 Å². The third kappa shape index (κ3) is 3.82. The minimum absolute atomic E-state index is 0.0911. The van der Waals surface area contributed by atoms with Crippen LogP contribution in [0.15, 0.2) is 10.6 Å². The van der Waals surface area contributed by atoms with Crippen molar-refractivity contribution in [3.05, 3.63) is 10.6 Å². The fourth-order valence-corrected chi connectivity index (χ4v) is 5.76. The highest BCUT2D eigenvalue weighted by atomic mass is 32.2. The van der Waals surface area contributed by atoms with Gasteiger partial charge in [-0.2, -0.15) is 0 Å². The Morgan fingerprint density at radius 1 is 1.50 bits per heavy atom. The number of ether oxygens (including phenoxy) is 1. The molecular formula is C19H31N3O5S. The number of aliphatic hydroxyl groups is 1. The molecule has 3 aliphatic heterocycles. The first kappa shape index (κ1) is 21.6. The first-order chi connectivity index (χ1) is 13.1. The number of fused-ring (bicyclic) bond motifs is 1. The SMILES string of the molecule is C[C@@H](O)[C@H]1C(=O)N2C(C(=O)O)=C(S[C@@H]3CN[C@H](COC(C)(C)CN)C3)[C@H](C)[C@H]12. The number of thioether (sulfide) groups is 1. The first-order valence-corrected chi connectivity index (χ1v) is 10.7. The fraction of sp³-hybridized carbons (Fsp3) is 0.789. The van der Waals surface area contributed by atoms with Gasteiger partial charge in [0.25, 0.3) is 0 Å². The summed E-state index contributed by atoms with van der Waals surface area (Å²) in [4.78, 5) is 26.4. The topological polar surface area (TPSA) is 125 Å². The Balaban J connectivity index is 1.67. The fourth-order valence-electron chi connectivity index (χ4n) is 4.24. The molecule has 9 heteroatoms. The second-order valence-corrected chi connectivity index (χ2v) is 9.97. The van der Waals surface area contributed by atoms with Gasteiger partial charge in [-0.05, 0) is 27.2 Å². The molecule has 3 rings (SSSR count). The molecule has 0 aromatic carbocycles. The number of nitrogens with zero attached hydrogens (tertiary/aromatic N) is 1. The number of hydrogen-bond donors (Lipinski definition) is 4. The van der Waals surface area contributed by atoms with Crippen LogP contribution in [-0.2, 0) is 14.3 Å². The molecule has 28 heavy (non-hydrogen) atoms. The highest BCUT2D eigenvalue weighted by Gasteiger charge is 2.60. The predicted octanol–water partition coefficient (Wildman–Crippen LogP) is 0.358. The van der Waals surface area contributed by atoms with Crippen LogP contribution in [0, 0.1) is 11.8 Å². The van der Waals surface area contributed by atoms with E-state index in [1.165, 1.54) is 4.90 Å². The smallest absolute Gasteiger partial charge is 0.353 e. The van der Waals surface area contributed by atoms with Gasteiger partial charge >= 0.3 is 5.97 Å². The number of nitrogens with one attached hydrogen (secondary N) is 1. The Hall–Kier alpha value is -1.13. The number of carboxylic acids is 1. The molecule has 0 spiro atoms. The van der Waals surface area contributed by atoms with Gasteiger partial charge in [0.15, 0.2) is 0 Å². The van der Waals surface area contributed by atoms with E-state index >= 15 is 0 Å². The lowest BCUT2D eigenvalue weighted by Crippen LogP contribution is -2.63. The largest absolute Gasteiger partial charge is 0.477 e. The first-order valence-electron chi connectivity index (χ1n) is 9.80. The molecule has 0 bridgehead atoms. The molecule has 1 amide bonds. The van der Waals surface area contributed by atoms with Crippen LogP contribution in [0.4, 0.5) is 0 Å². The molecule has 0 saturated carbocycles. The molecule has 0 aromatic heterocycles. The van der Waals surface area contributed by atoms with Crippen molar-refractivity contribution in [3.8, 4) is 0 Å². The van der Waals surface area contributed by atoms with Gasteiger partial charge in [0.2, 0.25) is 5.91 Å². The second-order valence-electron chi connectivity index (χ2n) is 8.63. The maximum Gasteiger partial charge on any atom is 0.353 e. The summed E-state index contributed by atoms with van der Waals surface area (Å²) >= 11 is 1.55. The number of rotatable bonds is 8. The molecule has 0 aliphatic carbocycles. The molecule has 0 aromatic rings. The molecule has 158 valence electrons. The molecule has 8 nitrogen and oxygen atoms in total. The Morgan fingerprint density at radius 3 is 2.75 bits per heavy atom. The summed E-state index contributed by atoms with van der Waals surface area (Å²) in [5.74, 6) is -1.99. The molecule has 3 aliphatic rings. The van der Waals surface area contributed by atoms with E-state index in [0.29, 0.717) is 13.2 Å². The zero-order chi connectivity index (χ0) is 20.8. The summed E-state index contributed by atoms with van der Waals surface area (Å²) < 4.78 is 5.88. The van der Waals surface area contributed by atoms with E-state index < -0.39 is 18.0 Å². The number of β-lactam (4-membered cyclic amide) rings is 1. The summed E-state index contributed by atoms with van der Waals surface area (Å²) in [6, 6.07) is -0.0715. The lowest BCUT2D eigenvalue weighted by atomic mass is 9.79. The minimum Gasteiger partial charge on any atom is -0.477 e. The van der Waals surface area contributed by atoms with Crippen molar-refractivity contribution in [2.24, 2.45) is 17.6 Å². The number of amides is 1. The molecule has 0 unspecified atom stereocenters. The standard InChI is InChI=1S/C19H31N3O5S/c1-9-14-13(10(2)23)17(24)22(14)15(18(25)26)16(9)28-12-5-11(21-6-12)7-27-19(3,4)8-20/h9-14,21,23H,5-8,20H2,1-4H3,(H,25,26)/t9-,10-,11+,12+,13-,14-/m1/s1. The Kier molecular flexibility index (Phi) is 6.12. The number of carbonyl (C=O) groups excluding carboxylic acids is 1. The zero-order valence-corrected chi connectivity index (χ0v) is 17.7. The lowest BCUT2D eigenvalue weighted by molar-refractivity contribution is -0.163. The third-order valence-electron chi connectivity index (χ3n) is 5.95. The van der Waals surface area contributed by atoms with Crippen LogP contribution >= 0.6 is 11.8 Å². The average Bonchev–Trinajstić information content (AvgIpc) is 3.15. The number of hydrogen-bond acceptors (Lipinski definition) is 7. The quantitative estimate of drug-likeness (QED) is 0.420. The highest BCUT2D eigenvalue weighted by molar-refractivity contribution is 8.03. The summed E-state index contributed by atoms with van der Waals surface area (Å²) in [5.41, 5.74) is 5.43. The van der Waals surface area contributed by atoms with E-state index in [-0.39, 0.29) is 40.5 Å². The van der Waals surface area contributed by atoms with Crippen LogP contribution in [-0.4, -0.2) is 75.7 Å². The van der Waals surface area contributed by atoms with Gasteiger partial charge in [0, 0.05) is 35.2 Å². The van der Waals surface area contributed by atoms with Crippen LogP contribution in [0.25, 0.3) is 0 Å². The van der Waals surface area contributed by atoms with Gasteiger partial charge in [0.1, 0.15) is 5.70 Å². The van der Waals surface area contributed by atoms with E-state index in [4.69, 9.17) is 10.5 Å². The number of aliphatic hydroxyl groups excluding tert-OH is 1. The summed E-state index contributed by atoms with van der Waals surface area (Å²) in [5, 5.41) is 23.3. The van der Waals surface area contributed by atoms with Crippen LogP contribution in [0.3, 0.4) is 0 Å². The molecular weight excluding hydrogens is 382 g/mol. The molecule has 5 N–H and O–H groups in total. The van der Waals surface area contributed by atoms with Crippen molar-refractivity contribution in [2.75, 3.05) is 19.7 Å². The Labute approximate surface area is 169 Å². The average molecular weight is 414 g/mol. The van der Waals surface area contributed by atoms with Crippen molar-refractivity contribution in [2.45, 2.75) is 63.2 Å². The van der Waals surface area contributed by atoms with Crippen LogP contribution in [0.5, 0.6) is 0 Å². The van der Waals surface area contributed by atoms with Crippen molar-refractivity contribution in [1.29, 1.82) is 0 Å². The van der Waals surface area contributed by atoms with Crippen molar-refractivity contribution >= 4 is 23.6 Å². The Morgan fingerprint density at radius 2 is 2.18 bits per heavy atom. The number of nitrogens with two attached hydrogens (primary N) is 1. The second kappa shape index (κ2) is 7.95. The number of aliphatic carboxylic acids is 1. The van der Waals surface area contributed by atoms with Gasteiger partial charge < -0.3 is 30.9 Å². The van der Waals surface area contributed by atoms with Crippen LogP contribution in [0.1, 0.15) is 34.1 Å². The minimum atomic E-state index is -1.08. The highest BCUT2D eigenvalue weighted by Crippen LogP contribution is 2.51. The van der Waals surface area contributed by atoms with Crippen LogP contribution in [0.2, 0.25) is 0 Å². The third-order valence-corrected chi connectivity index (χ3v) is 7.46. The summed E-state index contributed by atoms with van der Waals surface area (Å²) in [6.45, 7) is 9.20. The molecule has 6 atom stereocenters. The maximum atomic E-state index is 12.4. The molecule has 2 saturated heterocycles. The van der Waals surface area contributed by atoms with Crippen LogP contribution < -0.4 is 11.1 Å². The zero-order valence-electron chi connectivity index (χ0n) is 16.8. The van der Waals surface area contributed by atoms with Crippen molar-refractivity contribution < 1.29 is 24.5 Å². The predicted molar refractivity (Wildman–Crippen MR) is 107 cm³/mol. The number of carboxylic acid groups (broad SMARTS) is 1. The van der Waals surface area contributed by atoms with Gasteiger partial charge in [-0.3, -0.25) is 4.79 Å². The summed E-state index contributed by atoms with van der Waals surface area (Å²) in [6.07, 6.45) is 0.0727. The summed E-state index contributed by atoms with van der Waals surface area (Å²) in [7, 11) is 0. The number of carbonyl (C=O) groups is 2. The van der Waals surface area contributed by atoms with Gasteiger partial charge in [-0.25, -0.2) is 4.79 Å². The lowest BCUT2D eigenvalue weighted by Gasteiger charge is -2.46. The van der Waals surface area contributed by atoms with Gasteiger partial charge in [0.05, 0.1) is 30.3 Å². The maximum absolute atomic E-state index is 12.4. The van der Waals surface area contributed by atoms with Crippen molar-refractivity contribution in [3.63, 3.8) is 0 Å². The van der Waals surface area contributed by atoms with Crippen molar-refractivity contribution in [1.82, 2.24) is 10.2 Å². The van der Waals surface area contributed by atoms with Gasteiger partial charge in [-0.15, -0.1) is 11.8 Å². The normalized spacial score (nSPS) is 33.9.